The number of benzene rings is 1. The predicted molar refractivity (Wildman–Crippen MR) is 134 cm³/mol. The van der Waals surface area contributed by atoms with Gasteiger partial charge in [0.25, 0.3) is 5.89 Å². The van der Waals surface area contributed by atoms with E-state index in [-0.39, 0.29) is 29.9 Å². The molecule has 2 aliphatic rings. The molecule has 0 radical (unpaired) electrons. The molecule has 1 saturated heterocycles. The minimum Gasteiger partial charge on any atom is -0.442 e. The average molecular weight is 496 g/mol. The van der Waals surface area contributed by atoms with Gasteiger partial charge in [-0.3, -0.25) is 14.4 Å². The zero-order valence-corrected chi connectivity index (χ0v) is 20.9. The van der Waals surface area contributed by atoms with Crippen LogP contribution in [0.2, 0.25) is 0 Å². The molecular formula is C28H37N3O5. The molecule has 1 unspecified atom stereocenters. The SMILES string of the molecule is O=C(N[C@@H](CCc1ccccc1)C(=O)c1ncco1)C(CC(=O)N1CCOCC1)CC1CCCCC1. The molecule has 1 N–H and O–H groups in total. The summed E-state index contributed by atoms with van der Waals surface area (Å²) in [7, 11) is 0. The third-order valence-corrected chi connectivity index (χ3v) is 7.34. The van der Waals surface area contributed by atoms with E-state index in [1.807, 2.05) is 30.3 Å². The number of morpholine rings is 1. The summed E-state index contributed by atoms with van der Waals surface area (Å²) in [6, 6.07) is 9.08. The molecule has 2 heterocycles. The van der Waals surface area contributed by atoms with Gasteiger partial charge in [-0.25, -0.2) is 4.98 Å². The number of Topliss-reactive ketones (excluding diaryl/α,β-unsaturated/α-hetero) is 1. The first-order valence-electron chi connectivity index (χ1n) is 13.2. The second kappa shape index (κ2) is 13.3. The van der Waals surface area contributed by atoms with Crippen LogP contribution in [0, 0.1) is 11.8 Å². The standard InChI is InChI=1S/C28H37N3O5/c32-25(31-14-17-35-18-15-31)20-23(19-22-9-5-2-6-10-22)27(34)30-24(26(33)28-29-13-16-36-28)12-11-21-7-3-1-4-8-21/h1,3-4,7-8,13,16,22-24H,2,5-6,9-12,14-15,17-20H2,(H,30,34)/t23?,24-/m0/s1. The van der Waals surface area contributed by atoms with Crippen molar-refractivity contribution in [2.24, 2.45) is 11.8 Å². The fourth-order valence-corrected chi connectivity index (χ4v) is 5.27. The Balaban J connectivity index is 1.47. The van der Waals surface area contributed by atoms with Gasteiger partial charge in [0.2, 0.25) is 17.6 Å². The first-order chi connectivity index (χ1) is 17.6. The highest BCUT2D eigenvalue weighted by Gasteiger charge is 2.32. The Kier molecular flexibility index (Phi) is 9.67. The number of hydrogen-bond acceptors (Lipinski definition) is 6. The number of hydrogen-bond donors (Lipinski definition) is 1. The van der Waals surface area contributed by atoms with E-state index in [1.54, 1.807) is 4.90 Å². The number of carbonyl (C=O) groups excluding carboxylic acids is 3. The predicted octanol–water partition coefficient (Wildman–Crippen LogP) is 3.81. The zero-order chi connectivity index (χ0) is 25.2. The van der Waals surface area contributed by atoms with E-state index < -0.39 is 12.0 Å². The molecule has 4 rings (SSSR count). The minimum atomic E-state index is -0.774. The quantitative estimate of drug-likeness (QED) is 0.476. The number of carbonyl (C=O) groups is 3. The van der Waals surface area contributed by atoms with E-state index in [9.17, 15) is 14.4 Å². The molecule has 1 aliphatic heterocycles. The molecule has 0 bridgehead atoms. The number of nitrogens with one attached hydrogen (secondary N) is 1. The lowest BCUT2D eigenvalue weighted by molar-refractivity contribution is -0.140. The number of oxazole rings is 1. The molecule has 8 heteroatoms. The zero-order valence-electron chi connectivity index (χ0n) is 20.9. The molecule has 2 fully saturated rings. The van der Waals surface area contributed by atoms with Gasteiger partial charge in [0.05, 0.1) is 25.5 Å². The van der Waals surface area contributed by atoms with Crippen LogP contribution in [-0.4, -0.2) is 59.8 Å². The normalized spacial score (nSPS) is 18.4. The summed E-state index contributed by atoms with van der Waals surface area (Å²) in [5, 5.41) is 2.99. The largest absolute Gasteiger partial charge is 0.442 e. The lowest BCUT2D eigenvalue weighted by Crippen LogP contribution is -2.47. The van der Waals surface area contributed by atoms with E-state index in [0.29, 0.717) is 51.5 Å². The molecule has 8 nitrogen and oxygen atoms in total. The number of ketones is 1. The first kappa shape index (κ1) is 26.1. The van der Waals surface area contributed by atoms with Crippen molar-refractivity contribution in [1.82, 2.24) is 15.2 Å². The molecular weight excluding hydrogens is 458 g/mol. The molecule has 2 amide bonds. The Morgan fingerprint density at radius 1 is 1.06 bits per heavy atom. The third kappa shape index (κ3) is 7.50. The molecule has 2 aromatic rings. The summed E-state index contributed by atoms with van der Waals surface area (Å²) in [5.41, 5.74) is 1.08. The van der Waals surface area contributed by atoms with Crippen LogP contribution >= 0.6 is 0 Å². The van der Waals surface area contributed by atoms with E-state index >= 15 is 0 Å². The van der Waals surface area contributed by atoms with E-state index in [0.717, 1.165) is 18.4 Å². The highest BCUT2D eigenvalue weighted by molar-refractivity contribution is 5.99. The molecule has 194 valence electrons. The Hall–Kier alpha value is -3.00. The van der Waals surface area contributed by atoms with Gasteiger partial charge in [-0.1, -0.05) is 62.4 Å². The van der Waals surface area contributed by atoms with Crippen molar-refractivity contribution in [2.45, 2.75) is 63.8 Å². The van der Waals surface area contributed by atoms with Crippen LogP contribution in [0.5, 0.6) is 0 Å². The monoisotopic (exact) mass is 495 g/mol. The maximum absolute atomic E-state index is 13.6. The maximum Gasteiger partial charge on any atom is 0.265 e. The van der Waals surface area contributed by atoms with Crippen molar-refractivity contribution in [3.05, 3.63) is 54.2 Å². The number of nitrogens with zero attached hydrogens (tertiary/aromatic N) is 2. The molecule has 1 saturated carbocycles. The van der Waals surface area contributed by atoms with Crippen molar-refractivity contribution in [3.63, 3.8) is 0 Å². The van der Waals surface area contributed by atoms with Crippen LogP contribution in [0.1, 0.15) is 67.6 Å². The topological polar surface area (TPSA) is 102 Å². The average Bonchev–Trinajstić information content (AvgIpc) is 3.47. The highest BCUT2D eigenvalue weighted by atomic mass is 16.5. The van der Waals surface area contributed by atoms with Gasteiger partial charge in [0.15, 0.2) is 0 Å². The molecule has 36 heavy (non-hydrogen) atoms. The van der Waals surface area contributed by atoms with E-state index in [1.165, 1.54) is 31.7 Å². The molecule has 0 spiro atoms. The molecule has 1 aliphatic carbocycles. The Labute approximate surface area is 212 Å². The van der Waals surface area contributed by atoms with Gasteiger partial charge in [-0.05, 0) is 30.7 Å². The van der Waals surface area contributed by atoms with Crippen LogP contribution in [0.3, 0.4) is 0 Å². The lowest BCUT2D eigenvalue weighted by atomic mass is 9.81. The van der Waals surface area contributed by atoms with Crippen molar-refractivity contribution >= 4 is 17.6 Å². The highest BCUT2D eigenvalue weighted by Crippen LogP contribution is 2.31. The number of ether oxygens (including phenoxy) is 1. The molecule has 1 aromatic heterocycles. The molecule has 1 aromatic carbocycles. The lowest BCUT2D eigenvalue weighted by Gasteiger charge is -2.30. The Morgan fingerprint density at radius 3 is 2.50 bits per heavy atom. The van der Waals surface area contributed by atoms with Gasteiger partial charge in [0, 0.05) is 25.4 Å². The van der Waals surface area contributed by atoms with Crippen molar-refractivity contribution < 1.29 is 23.5 Å². The summed E-state index contributed by atoms with van der Waals surface area (Å²) in [6.07, 6.45) is 10.4. The Bertz CT molecular complexity index is 966. The van der Waals surface area contributed by atoms with Crippen molar-refractivity contribution in [2.75, 3.05) is 26.3 Å². The maximum atomic E-state index is 13.6. The van der Waals surface area contributed by atoms with E-state index in [4.69, 9.17) is 9.15 Å². The summed E-state index contributed by atoms with van der Waals surface area (Å²) in [5.74, 6) is -0.659. The summed E-state index contributed by atoms with van der Waals surface area (Å²) < 4.78 is 10.6. The number of amides is 2. The summed E-state index contributed by atoms with van der Waals surface area (Å²) >= 11 is 0. The van der Waals surface area contributed by atoms with Gasteiger partial charge < -0.3 is 19.4 Å². The van der Waals surface area contributed by atoms with E-state index in [2.05, 4.69) is 10.3 Å². The smallest absolute Gasteiger partial charge is 0.265 e. The van der Waals surface area contributed by atoms with Gasteiger partial charge in [-0.15, -0.1) is 0 Å². The minimum absolute atomic E-state index is 0.0124. The van der Waals surface area contributed by atoms with Gasteiger partial charge >= 0.3 is 0 Å². The number of aryl methyl sites for hydroxylation is 1. The van der Waals surface area contributed by atoms with Gasteiger partial charge in [0.1, 0.15) is 6.26 Å². The fourth-order valence-electron chi connectivity index (χ4n) is 5.27. The fraction of sp³-hybridized carbons (Fsp3) is 0.571. The van der Waals surface area contributed by atoms with Crippen molar-refractivity contribution in [1.29, 1.82) is 0 Å². The van der Waals surface area contributed by atoms with Crippen LogP contribution in [0.4, 0.5) is 0 Å². The molecule has 2 atom stereocenters. The van der Waals surface area contributed by atoms with Crippen molar-refractivity contribution in [3.8, 4) is 0 Å². The van der Waals surface area contributed by atoms with Crippen LogP contribution in [-0.2, 0) is 20.7 Å². The van der Waals surface area contributed by atoms with Crippen LogP contribution in [0.25, 0.3) is 0 Å². The summed E-state index contributed by atoms with van der Waals surface area (Å²) in [4.78, 5) is 45.7. The van der Waals surface area contributed by atoms with Crippen LogP contribution in [0.15, 0.2) is 47.2 Å². The second-order valence-electron chi connectivity index (χ2n) is 9.92. The second-order valence-corrected chi connectivity index (χ2v) is 9.92. The van der Waals surface area contributed by atoms with Gasteiger partial charge in [-0.2, -0.15) is 0 Å². The third-order valence-electron chi connectivity index (χ3n) is 7.34. The number of rotatable bonds is 11. The Morgan fingerprint density at radius 2 is 1.81 bits per heavy atom. The first-order valence-corrected chi connectivity index (χ1v) is 13.2. The number of aromatic nitrogens is 1. The summed E-state index contributed by atoms with van der Waals surface area (Å²) in [6.45, 7) is 2.16. The van der Waals surface area contributed by atoms with Crippen LogP contribution < -0.4 is 5.32 Å².